The van der Waals surface area contributed by atoms with E-state index < -0.39 is 0 Å². The summed E-state index contributed by atoms with van der Waals surface area (Å²) in [6.07, 6.45) is 3.25. The highest BCUT2D eigenvalue weighted by Gasteiger charge is 2.18. The fraction of sp³-hybridized carbons (Fsp3) is 0.625. The molecule has 0 aromatic heterocycles. The van der Waals surface area contributed by atoms with Gasteiger partial charge in [-0.25, -0.2) is 4.39 Å². The van der Waals surface area contributed by atoms with Crippen LogP contribution in [0, 0.1) is 12.7 Å². The molecule has 0 saturated carbocycles. The number of halogens is 1. The smallest absolute Gasteiger partial charge is 0.126 e. The van der Waals surface area contributed by atoms with Crippen molar-refractivity contribution in [1.29, 1.82) is 0 Å². The van der Waals surface area contributed by atoms with E-state index in [0.717, 1.165) is 23.4 Å². The molecular weight excluding hydrogens is 271 g/mol. The van der Waals surface area contributed by atoms with Crippen molar-refractivity contribution in [3.8, 4) is 0 Å². The van der Waals surface area contributed by atoms with E-state index in [1.54, 1.807) is 6.07 Å². The summed E-state index contributed by atoms with van der Waals surface area (Å²) in [6, 6.07) is 4.21. The second kappa shape index (κ2) is 7.89. The normalized spacial score (nSPS) is 14.2. The van der Waals surface area contributed by atoms with Gasteiger partial charge in [-0.05, 0) is 69.5 Å². The molecule has 0 aliphatic heterocycles. The number of benzene rings is 1. The zero-order valence-electron chi connectivity index (χ0n) is 13.5. The standard InChI is InChI=1S/C16H27FN2S/c1-11-9-16(19(5)12(2)7-8-20-6)14(10-15(11)17)13(3)18-4/h9-10,12-13,18H,7-8H2,1-6H3. The third kappa shape index (κ3) is 4.13. The minimum atomic E-state index is -0.129. The highest BCUT2D eigenvalue weighted by molar-refractivity contribution is 7.98. The second-order valence-corrected chi connectivity index (χ2v) is 6.40. The Balaban J connectivity index is 3.11. The first-order valence-electron chi connectivity index (χ1n) is 7.11. The molecule has 0 aliphatic carbocycles. The van der Waals surface area contributed by atoms with Crippen molar-refractivity contribution in [3.05, 3.63) is 29.1 Å². The third-order valence-corrected chi connectivity index (χ3v) is 4.63. The van der Waals surface area contributed by atoms with E-state index in [1.807, 2.05) is 31.8 Å². The molecule has 1 aromatic rings. The van der Waals surface area contributed by atoms with Crippen molar-refractivity contribution in [2.75, 3.05) is 31.0 Å². The van der Waals surface area contributed by atoms with Crippen molar-refractivity contribution in [1.82, 2.24) is 5.32 Å². The van der Waals surface area contributed by atoms with E-state index in [9.17, 15) is 4.39 Å². The molecule has 0 fully saturated rings. The zero-order valence-corrected chi connectivity index (χ0v) is 14.3. The molecule has 2 nitrogen and oxygen atoms in total. The summed E-state index contributed by atoms with van der Waals surface area (Å²) in [4.78, 5) is 2.27. The van der Waals surface area contributed by atoms with Gasteiger partial charge in [0.25, 0.3) is 0 Å². The van der Waals surface area contributed by atoms with Crippen LogP contribution in [0.15, 0.2) is 12.1 Å². The van der Waals surface area contributed by atoms with E-state index in [1.165, 1.54) is 0 Å². The van der Waals surface area contributed by atoms with Gasteiger partial charge in [-0.1, -0.05) is 0 Å². The van der Waals surface area contributed by atoms with Gasteiger partial charge < -0.3 is 10.2 Å². The summed E-state index contributed by atoms with van der Waals surface area (Å²) in [6.45, 7) is 6.11. The topological polar surface area (TPSA) is 15.3 Å². The fourth-order valence-corrected chi connectivity index (χ4v) is 2.79. The van der Waals surface area contributed by atoms with Crippen LogP contribution in [0.3, 0.4) is 0 Å². The van der Waals surface area contributed by atoms with E-state index in [0.29, 0.717) is 11.6 Å². The number of anilines is 1. The predicted molar refractivity (Wildman–Crippen MR) is 89.5 cm³/mol. The molecule has 4 heteroatoms. The van der Waals surface area contributed by atoms with Crippen LogP contribution in [-0.4, -0.2) is 32.1 Å². The lowest BCUT2D eigenvalue weighted by Gasteiger charge is -2.31. The maximum Gasteiger partial charge on any atom is 0.126 e. The van der Waals surface area contributed by atoms with Gasteiger partial charge in [0.05, 0.1) is 0 Å². The molecule has 2 atom stereocenters. The van der Waals surface area contributed by atoms with Crippen molar-refractivity contribution in [2.45, 2.75) is 39.3 Å². The molecule has 114 valence electrons. The van der Waals surface area contributed by atoms with Crippen molar-refractivity contribution in [3.63, 3.8) is 0 Å². The molecule has 2 unspecified atom stereocenters. The molecule has 1 aromatic carbocycles. The summed E-state index contributed by atoms with van der Waals surface area (Å²) in [7, 11) is 4.01. The first-order chi connectivity index (χ1) is 9.42. The Morgan fingerprint density at radius 2 is 2.00 bits per heavy atom. The molecular formula is C16H27FN2S. The number of aryl methyl sites for hydroxylation is 1. The largest absolute Gasteiger partial charge is 0.372 e. The lowest BCUT2D eigenvalue weighted by molar-refractivity contribution is 0.595. The van der Waals surface area contributed by atoms with E-state index in [2.05, 4.69) is 37.4 Å². The molecule has 20 heavy (non-hydrogen) atoms. The molecule has 1 rings (SSSR count). The molecule has 0 saturated heterocycles. The molecule has 0 heterocycles. The predicted octanol–water partition coefficient (Wildman–Crippen LogP) is 3.99. The van der Waals surface area contributed by atoms with Gasteiger partial charge in [0.15, 0.2) is 0 Å². The van der Waals surface area contributed by atoms with Crippen LogP contribution in [-0.2, 0) is 0 Å². The lowest BCUT2D eigenvalue weighted by atomic mass is 10.0. The van der Waals surface area contributed by atoms with Crippen molar-refractivity contribution >= 4 is 17.4 Å². The zero-order chi connectivity index (χ0) is 15.3. The van der Waals surface area contributed by atoms with Crippen LogP contribution >= 0.6 is 11.8 Å². The lowest BCUT2D eigenvalue weighted by Crippen LogP contribution is -2.31. The summed E-state index contributed by atoms with van der Waals surface area (Å²) >= 11 is 1.86. The highest BCUT2D eigenvalue weighted by Crippen LogP contribution is 2.30. The van der Waals surface area contributed by atoms with Crippen LogP contribution in [0.25, 0.3) is 0 Å². The number of hydrogen-bond acceptors (Lipinski definition) is 3. The number of rotatable bonds is 7. The number of nitrogens with zero attached hydrogens (tertiary/aromatic N) is 1. The molecule has 0 aliphatic rings. The Labute approximate surface area is 127 Å². The van der Waals surface area contributed by atoms with Crippen LogP contribution < -0.4 is 10.2 Å². The van der Waals surface area contributed by atoms with Crippen LogP contribution in [0.4, 0.5) is 10.1 Å². The van der Waals surface area contributed by atoms with Crippen LogP contribution in [0.5, 0.6) is 0 Å². The van der Waals surface area contributed by atoms with E-state index >= 15 is 0 Å². The number of nitrogens with one attached hydrogen (secondary N) is 1. The summed E-state index contributed by atoms with van der Waals surface area (Å²) < 4.78 is 13.9. The first kappa shape index (κ1) is 17.3. The fourth-order valence-electron chi connectivity index (χ4n) is 2.21. The summed E-state index contributed by atoms with van der Waals surface area (Å²) in [5.41, 5.74) is 2.85. The van der Waals surface area contributed by atoms with Crippen LogP contribution in [0.1, 0.15) is 37.4 Å². The van der Waals surface area contributed by atoms with Gasteiger partial charge in [-0.3, -0.25) is 0 Å². The van der Waals surface area contributed by atoms with Gasteiger partial charge in [-0.15, -0.1) is 0 Å². The van der Waals surface area contributed by atoms with Gasteiger partial charge in [0.2, 0.25) is 0 Å². The van der Waals surface area contributed by atoms with Gasteiger partial charge >= 0.3 is 0 Å². The Bertz CT molecular complexity index is 437. The minimum Gasteiger partial charge on any atom is -0.372 e. The maximum absolute atomic E-state index is 13.9. The number of hydrogen-bond donors (Lipinski definition) is 1. The Hall–Kier alpha value is -0.740. The van der Waals surface area contributed by atoms with E-state index in [4.69, 9.17) is 0 Å². The first-order valence-corrected chi connectivity index (χ1v) is 8.50. The third-order valence-electron chi connectivity index (χ3n) is 3.99. The average Bonchev–Trinajstić information content (AvgIpc) is 2.45. The maximum atomic E-state index is 13.9. The highest BCUT2D eigenvalue weighted by atomic mass is 32.2. The quantitative estimate of drug-likeness (QED) is 0.819. The summed E-state index contributed by atoms with van der Waals surface area (Å²) in [5, 5.41) is 3.21. The van der Waals surface area contributed by atoms with Crippen molar-refractivity contribution < 1.29 is 4.39 Å². The molecule has 0 radical (unpaired) electrons. The van der Waals surface area contributed by atoms with Gasteiger partial charge in [0, 0.05) is 24.8 Å². The minimum absolute atomic E-state index is 0.129. The Kier molecular flexibility index (Phi) is 6.83. The monoisotopic (exact) mass is 298 g/mol. The van der Waals surface area contributed by atoms with Crippen molar-refractivity contribution in [2.24, 2.45) is 0 Å². The average molecular weight is 298 g/mol. The van der Waals surface area contributed by atoms with Crippen LogP contribution in [0.2, 0.25) is 0 Å². The Morgan fingerprint density at radius 1 is 1.35 bits per heavy atom. The van der Waals surface area contributed by atoms with Gasteiger partial charge in [0.1, 0.15) is 5.82 Å². The Morgan fingerprint density at radius 3 is 2.55 bits per heavy atom. The molecule has 0 spiro atoms. The summed E-state index contributed by atoms with van der Waals surface area (Å²) in [5.74, 6) is 1.01. The van der Waals surface area contributed by atoms with E-state index in [-0.39, 0.29) is 11.9 Å². The molecule has 0 bridgehead atoms. The van der Waals surface area contributed by atoms with Gasteiger partial charge in [-0.2, -0.15) is 11.8 Å². The number of thioether (sulfide) groups is 1. The SMILES string of the molecule is CNC(C)c1cc(F)c(C)cc1N(C)C(C)CCSC. The second-order valence-electron chi connectivity index (χ2n) is 5.41. The molecule has 1 N–H and O–H groups in total. The molecule has 0 amide bonds.